The Hall–Kier alpha value is -3.97. The molecule has 0 N–H and O–H groups in total. The number of rotatable bonds is 5. The molecule has 34 heavy (non-hydrogen) atoms. The first-order valence-corrected chi connectivity index (χ1v) is 11.6. The molecule has 1 aliphatic heterocycles. The van der Waals surface area contributed by atoms with E-state index in [1.54, 1.807) is 10.8 Å². The molecule has 7 heteroatoms. The molecule has 3 aromatic heterocycles. The number of fused-ring (bicyclic) bond motifs is 1. The van der Waals surface area contributed by atoms with E-state index < -0.39 is 0 Å². The number of benzene rings is 2. The highest BCUT2D eigenvalue weighted by Crippen LogP contribution is 2.27. The van der Waals surface area contributed by atoms with Gasteiger partial charge in [-0.3, -0.25) is 14.0 Å². The Labute approximate surface area is 197 Å². The Kier molecular flexibility index (Phi) is 5.11. The van der Waals surface area contributed by atoms with E-state index in [1.165, 1.54) is 0 Å². The number of hydrogen-bond acceptors (Lipinski definition) is 4. The van der Waals surface area contributed by atoms with Gasteiger partial charge in [0.25, 0.3) is 0 Å². The Balaban J connectivity index is 1.35. The summed E-state index contributed by atoms with van der Waals surface area (Å²) >= 11 is 0. The van der Waals surface area contributed by atoms with Crippen LogP contribution in [0.4, 0.5) is 0 Å². The predicted molar refractivity (Wildman–Crippen MR) is 133 cm³/mol. The zero-order chi connectivity index (χ0) is 23.1. The standard InChI is InChI=1S/C27H26N6O/c1-30-17-15-28-25(30)19-31-16-13-23(18-31)33-26-24(8-5-14-29-26)32(27(33)34)22-11-9-21(10-12-22)20-6-3-2-4-7-20/h2-12,14-15,17,23H,13,16,18-19H2,1H3. The van der Waals surface area contributed by atoms with E-state index in [0.717, 1.165) is 59.9 Å². The van der Waals surface area contributed by atoms with Gasteiger partial charge in [0.2, 0.25) is 0 Å². The van der Waals surface area contributed by atoms with Crippen LogP contribution < -0.4 is 5.69 Å². The maximum atomic E-state index is 13.8. The molecule has 7 nitrogen and oxygen atoms in total. The molecule has 0 spiro atoms. The summed E-state index contributed by atoms with van der Waals surface area (Å²) in [6.45, 7) is 2.51. The third-order valence-corrected chi connectivity index (χ3v) is 6.76. The molecular weight excluding hydrogens is 424 g/mol. The van der Waals surface area contributed by atoms with Gasteiger partial charge in [0.1, 0.15) is 5.82 Å². The third-order valence-electron chi connectivity index (χ3n) is 6.76. The van der Waals surface area contributed by atoms with Crippen LogP contribution in [0.25, 0.3) is 28.0 Å². The van der Waals surface area contributed by atoms with Crippen LogP contribution in [0.5, 0.6) is 0 Å². The third kappa shape index (κ3) is 3.54. The Morgan fingerprint density at radius 2 is 1.71 bits per heavy atom. The zero-order valence-electron chi connectivity index (χ0n) is 19.1. The van der Waals surface area contributed by atoms with E-state index >= 15 is 0 Å². The molecule has 0 saturated carbocycles. The van der Waals surface area contributed by atoms with Crippen molar-refractivity contribution in [1.29, 1.82) is 0 Å². The molecule has 1 atom stereocenters. The highest BCUT2D eigenvalue weighted by Gasteiger charge is 2.29. The summed E-state index contributed by atoms with van der Waals surface area (Å²) in [5.74, 6) is 1.03. The summed E-state index contributed by atoms with van der Waals surface area (Å²) in [6, 6.07) is 22.4. The maximum absolute atomic E-state index is 13.8. The van der Waals surface area contributed by atoms with E-state index in [2.05, 4.69) is 39.1 Å². The molecule has 0 aliphatic carbocycles. The Bertz CT molecular complexity index is 1500. The summed E-state index contributed by atoms with van der Waals surface area (Å²) < 4.78 is 5.73. The van der Waals surface area contributed by atoms with Crippen LogP contribution in [0.3, 0.4) is 0 Å². The SMILES string of the molecule is Cn1ccnc1CN1CCC(n2c(=O)n(-c3ccc(-c4ccccc4)cc3)c3cccnc32)C1. The lowest BCUT2D eigenvalue weighted by Gasteiger charge is -2.16. The summed E-state index contributed by atoms with van der Waals surface area (Å²) in [5.41, 5.74) is 4.67. The van der Waals surface area contributed by atoms with E-state index in [1.807, 2.05) is 71.0 Å². The Morgan fingerprint density at radius 1 is 0.912 bits per heavy atom. The molecule has 0 bridgehead atoms. The first-order chi connectivity index (χ1) is 16.7. The van der Waals surface area contributed by atoms with Crippen LogP contribution in [0, 0.1) is 0 Å². The molecule has 6 rings (SSSR count). The van der Waals surface area contributed by atoms with E-state index in [4.69, 9.17) is 0 Å². The summed E-state index contributed by atoms with van der Waals surface area (Å²) in [4.78, 5) is 25.2. The van der Waals surface area contributed by atoms with Gasteiger partial charge in [0.05, 0.1) is 23.8 Å². The van der Waals surface area contributed by atoms with Gasteiger partial charge in [0, 0.05) is 38.7 Å². The van der Waals surface area contributed by atoms with Crippen molar-refractivity contribution in [1.82, 2.24) is 28.6 Å². The number of aryl methyl sites for hydroxylation is 1. The van der Waals surface area contributed by atoms with Gasteiger partial charge < -0.3 is 4.57 Å². The van der Waals surface area contributed by atoms with Crippen LogP contribution in [0.2, 0.25) is 0 Å². The normalized spacial score (nSPS) is 16.4. The fourth-order valence-corrected chi connectivity index (χ4v) is 4.98. The van der Waals surface area contributed by atoms with Gasteiger partial charge in [-0.2, -0.15) is 0 Å². The van der Waals surface area contributed by atoms with Crippen LogP contribution in [0.15, 0.2) is 90.1 Å². The second kappa shape index (κ2) is 8.43. The van der Waals surface area contributed by atoms with Gasteiger partial charge in [-0.1, -0.05) is 42.5 Å². The second-order valence-electron chi connectivity index (χ2n) is 8.88. The molecule has 2 aromatic carbocycles. The largest absolute Gasteiger partial charge is 0.337 e. The smallest absolute Gasteiger partial charge is 0.335 e. The molecule has 1 saturated heterocycles. The van der Waals surface area contributed by atoms with Crippen molar-refractivity contribution in [2.24, 2.45) is 7.05 Å². The van der Waals surface area contributed by atoms with Crippen LogP contribution >= 0.6 is 0 Å². The molecule has 1 aliphatic rings. The lowest BCUT2D eigenvalue weighted by atomic mass is 10.1. The number of hydrogen-bond donors (Lipinski definition) is 0. The van der Waals surface area contributed by atoms with Gasteiger partial charge in [-0.25, -0.2) is 14.8 Å². The van der Waals surface area contributed by atoms with Crippen molar-refractivity contribution in [3.63, 3.8) is 0 Å². The monoisotopic (exact) mass is 450 g/mol. The topological polar surface area (TPSA) is 60.9 Å². The molecule has 0 radical (unpaired) electrons. The minimum absolute atomic E-state index is 0.0370. The fraction of sp³-hybridized carbons (Fsp3) is 0.222. The van der Waals surface area contributed by atoms with Crippen molar-refractivity contribution in [3.05, 3.63) is 102 Å². The zero-order valence-corrected chi connectivity index (χ0v) is 19.1. The first-order valence-electron chi connectivity index (χ1n) is 11.6. The summed E-state index contributed by atoms with van der Waals surface area (Å²) in [7, 11) is 2.01. The van der Waals surface area contributed by atoms with Gasteiger partial charge in [0.15, 0.2) is 5.65 Å². The molecule has 0 amide bonds. The summed E-state index contributed by atoms with van der Waals surface area (Å²) in [5, 5.41) is 0. The molecule has 4 heterocycles. The minimum atomic E-state index is -0.0370. The highest BCUT2D eigenvalue weighted by atomic mass is 16.2. The average Bonchev–Trinajstić information content (AvgIpc) is 3.57. The number of aromatic nitrogens is 5. The minimum Gasteiger partial charge on any atom is -0.337 e. The van der Waals surface area contributed by atoms with E-state index in [9.17, 15) is 4.79 Å². The number of imidazole rings is 2. The van der Waals surface area contributed by atoms with Gasteiger partial charge >= 0.3 is 5.69 Å². The van der Waals surface area contributed by atoms with Crippen LogP contribution in [-0.4, -0.2) is 41.7 Å². The highest BCUT2D eigenvalue weighted by molar-refractivity contribution is 5.75. The second-order valence-corrected chi connectivity index (χ2v) is 8.88. The van der Waals surface area contributed by atoms with Crippen molar-refractivity contribution < 1.29 is 0 Å². The maximum Gasteiger partial charge on any atom is 0.335 e. The molecule has 5 aromatic rings. The average molecular weight is 451 g/mol. The van der Waals surface area contributed by atoms with E-state index in [-0.39, 0.29) is 11.7 Å². The fourth-order valence-electron chi connectivity index (χ4n) is 4.98. The molecule has 170 valence electrons. The van der Waals surface area contributed by atoms with Crippen molar-refractivity contribution in [2.75, 3.05) is 13.1 Å². The number of pyridine rings is 1. The van der Waals surface area contributed by atoms with Crippen molar-refractivity contribution in [2.45, 2.75) is 19.0 Å². The van der Waals surface area contributed by atoms with E-state index in [0.29, 0.717) is 0 Å². The molecule has 1 unspecified atom stereocenters. The summed E-state index contributed by atoms with van der Waals surface area (Å²) in [6.07, 6.45) is 6.47. The molecule has 1 fully saturated rings. The Morgan fingerprint density at radius 3 is 2.47 bits per heavy atom. The van der Waals surface area contributed by atoms with Crippen molar-refractivity contribution >= 4 is 11.2 Å². The lowest BCUT2D eigenvalue weighted by molar-refractivity contribution is 0.304. The predicted octanol–water partition coefficient (Wildman–Crippen LogP) is 4.03. The number of nitrogens with zero attached hydrogens (tertiary/aromatic N) is 6. The lowest BCUT2D eigenvalue weighted by Crippen LogP contribution is -2.29. The first kappa shape index (κ1) is 20.6. The number of likely N-dealkylation sites (tertiary alicyclic amines) is 1. The van der Waals surface area contributed by atoms with Gasteiger partial charge in [-0.15, -0.1) is 0 Å². The quantitative estimate of drug-likeness (QED) is 0.406. The van der Waals surface area contributed by atoms with Gasteiger partial charge in [-0.05, 0) is 41.8 Å². The molecular formula is C27H26N6O. The van der Waals surface area contributed by atoms with Crippen LogP contribution in [-0.2, 0) is 13.6 Å². The van der Waals surface area contributed by atoms with Crippen LogP contribution in [0.1, 0.15) is 18.3 Å². The van der Waals surface area contributed by atoms with Crippen molar-refractivity contribution in [3.8, 4) is 16.8 Å².